The van der Waals surface area contributed by atoms with E-state index >= 15 is 0 Å². The number of carbonyl (C=O) groups is 1. The number of hydrogen-bond acceptors (Lipinski definition) is 2. The summed E-state index contributed by atoms with van der Waals surface area (Å²) in [6, 6.07) is 10.7. The number of nitrogens with zero attached hydrogens (tertiary/aromatic N) is 1. The zero-order chi connectivity index (χ0) is 15.6. The van der Waals surface area contributed by atoms with Gasteiger partial charge in [-0.1, -0.05) is 18.2 Å². The van der Waals surface area contributed by atoms with Crippen molar-refractivity contribution in [3.63, 3.8) is 0 Å². The third-order valence-electron chi connectivity index (χ3n) is 3.45. The topological polar surface area (TPSA) is 40.5 Å². The molecule has 0 unspecified atom stereocenters. The molecule has 110 valence electrons. The Balaban J connectivity index is 2.29. The average Bonchev–Trinajstić information content (AvgIpc) is 2.45. The summed E-state index contributed by atoms with van der Waals surface area (Å²) in [5, 5.41) is 9.88. The van der Waals surface area contributed by atoms with Crippen LogP contribution in [0.2, 0.25) is 0 Å². The lowest BCUT2D eigenvalue weighted by molar-refractivity contribution is 0.0740. The lowest BCUT2D eigenvalue weighted by Crippen LogP contribution is -2.30. The lowest BCUT2D eigenvalue weighted by atomic mass is 10.1. The number of rotatable bonds is 3. The molecule has 0 aliphatic heterocycles. The minimum Gasteiger partial charge on any atom is -0.508 e. The highest BCUT2D eigenvalue weighted by molar-refractivity contribution is 14.1. The standard InChI is InChI=1S/C16H15FINO2/c1-10(12-5-3-4-6-15(12)20)19(2)16(21)13-8-7-11(17)9-14(13)18/h3-10,20H,1-2H3/t10-/m1/s1. The predicted molar refractivity (Wildman–Crippen MR) is 87.7 cm³/mol. The number of carbonyl (C=O) groups excluding carboxylic acids is 1. The van der Waals surface area contributed by atoms with E-state index in [0.29, 0.717) is 14.7 Å². The zero-order valence-corrected chi connectivity index (χ0v) is 13.8. The van der Waals surface area contributed by atoms with E-state index in [2.05, 4.69) is 0 Å². The molecule has 1 N–H and O–H groups in total. The Morgan fingerprint density at radius 1 is 1.29 bits per heavy atom. The molecule has 0 fully saturated rings. The van der Waals surface area contributed by atoms with Gasteiger partial charge >= 0.3 is 0 Å². The highest BCUT2D eigenvalue weighted by Gasteiger charge is 2.22. The van der Waals surface area contributed by atoms with Gasteiger partial charge in [-0.05, 0) is 53.8 Å². The minimum atomic E-state index is -0.368. The normalized spacial score (nSPS) is 12.0. The maximum absolute atomic E-state index is 13.1. The van der Waals surface area contributed by atoms with Crippen molar-refractivity contribution in [1.29, 1.82) is 0 Å². The van der Waals surface area contributed by atoms with Crippen LogP contribution in [0.1, 0.15) is 28.9 Å². The van der Waals surface area contributed by atoms with Crippen LogP contribution in [0.5, 0.6) is 5.75 Å². The van der Waals surface area contributed by atoms with Crippen LogP contribution >= 0.6 is 22.6 Å². The van der Waals surface area contributed by atoms with Gasteiger partial charge in [0, 0.05) is 16.2 Å². The van der Waals surface area contributed by atoms with E-state index in [0.717, 1.165) is 0 Å². The summed E-state index contributed by atoms with van der Waals surface area (Å²) in [6.45, 7) is 1.84. The molecule has 2 aromatic carbocycles. The molecule has 0 spiro atoms. The molecular weight excluding hydrogens is 384 g/mol. The highest BCUT2D eigenvalue weighted by atomic mass is 127. The summed E-state index contributed by atoms with van der Waals surface area (Å²) in [5.74, 6) is -0.430. The first kappa shape index (κ1) is 15.8. The average molecular weight is 399 g/mol. The molecule has 5 heteroatoms. The molecule has 0 radical (unpaired) electrons. The molecule has 0 saturated heterocycles. The van der Waals surface area contributed by atoms with E-state index in [4.69, 9.17) is 0 Å². The third-order valence-corrected chi connectivity index (χ3v) is 4.34. The molecule has 0 aromatic heterocycles. The SMILES string of the molecule is C[C@H](c1ccccc1O)N(C)C(=O)c1ccc(F)cc1I. The van der Waals surface area contributed by atoms with Gasteiger partial charge in [-0.25, -0.2) is 4.39 Å². The smallest absolute Gasteiger partial charge is 0.255 e. The predicted octanol–water partition coefficient (Wildman–Crippen LogP) is 3.97. The van der Waals surface area contributed by atoms with E-state index < -0.39 is 0 Å². The van der Waals surface area contributed by atoms with Gasteiger partial charge in [0.15, 0.2) is 0 Å². The first-order valence-corrected chi connectivity index (χ1v) is 7.49. The van der Waals surface area contributed by atoms with Gasteiger partial charge in [0.25, 0.3) is 5.91 Å². The molecule has 1 amide bonds. The van der Waals surface area contributed by atoms with E-state index in [-0.39, 0.29) is 23.5 Å². The van der Waals surface area contributed by atoms with Crippen LogP contribution in [0.25, 0.3) is 0 Å². The second-order valence-electron chi connectivity index (χ2n) is 4.78. The van der Waals surface area contributed by atoms with Gasteiger partial charge in [-0.3, -0.25) is 4.79 Å². The fraction of sp³-hybridized carbons (Fsp3) is 0.188. The Bertz CT molecular complexity index is 675. The van der Waals surface area contributed by atoms with Crippen LogP contribution in [-0.2, 0) is 0 Å². The van der Waals surface area contributed by atoms with Crippen molar-refractivity contribution in [1.82, 2.24) is 4.90 Å². The first-order chi connectivity index (χ1) is 9.91. The molecule has 0 heterocycles. The second kappa shape index (κ2) is 6.43. The monoisotopic (exact) mass is 399 g/mol. The zero-order valence-electron chi connectivity index (χ0n) is 11.7. The Morgan fingerprint density at radius 2 is 1.95 bits per heavy atom. The van der Waals surface area contributed by atoms with Crippen LogP contribution in [0.15, 0.2) is 42.5 Å². The van der Waals surface area contributed by atoms with Gasteiger partial charge in [0.1, 0.15) is 11.6 Å². The van der Waals surface area contributed by atoms with Gasteiger partial charge in [0.05, 0.1) is 11.6 Å². The quantitative estimate of drug-likeness (QED) is 0.794. The van der Waals surface area contributed by atoms with E-state index in [1.807, 2.05) is 35.6 Å². The van der Waals surface area contributed by atoms with Crippen LogP contribution in [-0.4, -0.2) is 23.0 Å². The summed E-state index contributed by atoms with van der Waals surface area (Å²) >= 11 is 1.94. The number of phenols is 1. The number of phenolic OH excluding ortho intramolecular Hbond substituents is 1. The number of amides is 1. The van der Waals surface area contributed by atoms with Crippen molar-refractivity contribution in [3.05, 3.63) is 63.0 Å². The molecule has 1 atom stereocenters. The second-order valence-corrected chi connectivity index (χ2v) is 5.94. The summed E-state index contributed by atoms with van der Waals surface area (Å²) in [5.41, 5.74) is 1.12. The molecule has 2 rings (SSSR count). The summed E-state index contributed by atoms with van der Waals surface area (Å²) in [4.78, 5) is 14.1. The molecule has 0 bridgehead atoms. The Morgan fingerprint density at radius 3 is 2.57 bits per heavy atom. The molecule has 0 saturated carbocycles. The molecule has 0 aliphatic carbocycles. The van der Waals surface area contributed by atoms with E-state index in [1.54, 1.807) is 25.2 Å². The van der Waals surface area contributed by atoms with Crippen LogP contribution in [0.3, 0.4) is 0 Å². The molecular formula is C16H15FINO2. The van der Waals surface area contributed by atoms with Crippen molar-refractivity contribution < 1.29 is 14.3 Å². The highest BCUT2D eigenvalue weighted by Crippen LogP contribution is 2.28. The van der Waals surface area contributed by atoms with Crippen LogP contribution in [0, 0.1) is 9.39 Å². The molecule has 2 aromatic rings. The van der Waals surface area contributed by atoms with Crippen molar-refractivity contribution >= 4 is 28.5 Å². The van der Waals surface area contributed by atoms with Crippen molar-refractivity contribution in [2.45, 2.75) is 13.0 Å². The number of hydrogen-bond donors (Lipinski definition) is 1. The van der Waals surface area contributed by atoms with E-state index in [9.17, 15) is 14.3 Å². The molecule has 3 nitrogen and oxygen atoms in total. The fourth-order valence-corrected chi connectivity index (χ4v) is 2.79. The Labute approximate surface area is 136 Å². The molecule has 21 heavy (non-hydrogen) atoms. The first-order valence-electron chi connectivity index (χ1n) is 6.42. The lowest BCUT2D eigenvalue weighted by Gasteiger charge is -2.26. The Hall–Kier alpha value is -1.63. The van der Waals surface area contributed by atoms with Crippen LogP contribution < -0.4 is 0 Å². The number of halogens is 2. The Kier molecular flexibility index (Phi) is 4.82. The van der Waals surface area contributed by atoms with Crippen molar-refractivity contribution in [2.24, 2.45) is 0 Å². The largest absolute Gasteiger partial charge is 0.508 e. The van der Waals surface area contributed by atoms with Crippen LogP contribution in [0.4, 0.5) is 4.39 Å². The molecule has 0 aliphatic rings. The van der Waals surface area contributed by atoms with Crippen molar-refractivity contribution in [2.75, 3.05) is 7.05 Å². The summed E-state index contributed by atoms with van der Waals surface area (Å²) in [6.07, 6.45) is 0. The summed E-state index contributed by atoms with van der Waals surface area (Å²) in [7, 11) is 1.67. The number of aromatic hydroxyl groups is 1. The third kappa shape index (κ3) is 3.34. The maximum atomic E-state index is 13.1. The number of benzene rings is 2. The summed E-state index contributed by atoms with van der Waals surface area (Å²) < 4.78 is 13.7. The minimum absolute atomic E-state index is 0.151. The fourth-order valence-electron chi connectivity index (χ4n) is 2.08. The number of para-hydroxylation sites is 1. The maximum Gasteiger partial charge on any atom is 0.255 e. The van der Waals surface area contributed by atoms with Gasteiger partial charge < -0.3 is 10.0 Å². The van der Waals surface area contributed by atoms with Gasteiger partial charge in [-0.15, -0.1) is 0 Å². The van der Waals surface area contributed by atoms with Gasteiger partial charge in [-0.2, -0.15) is 0 Å². The van der Waals surface area contributed by atoms with Gasteiger partial charge in [0.2, 0.25) is 0 Å². The van der Waals surface area contributed by atoms with Crippen molar-refractivity contribution in [3.8, 4) is 5.75 Å². The van der Waals surface area contributed by atoms with E-state index in [1.165, 1.54) is 23.1 Å².